The van der Waals surface area contributed by atoms with Gasteiger partial charge in [0.15, 0.2) is 11.6 Å². The topological polar surface area (TPSA) is 85.3 Å². The number of carbonyl (C=O) groups is 1. The molecule has 0 N–H and O–H groups in total. The van der Waals surface area contributed by atoms with E-state index < -0.39 is 0 Å². The second-order valence-electron chi connectivity index (χ2n) is 5.27. The summed E-state index contributed by atoms with van der Waals surface area (Å²) in [4.78, 5) is 18.6. The Morgan fingerprint density at radius 2 is 2.10 bits per heavy atom. The number of amides is 1. The maximum absolute atomic E-state index is 12.7. The van der Waals surface area contributed by atoms with E-state index in [1.165, 1.54) is 6.26 Å². The van der Waals surface area contributed by atoms with Gasteiger partial charge in [0, 0.05) is 20.4 Å². The Balaban J connectivity index is 1.90. The van der Waals surface area contributed by atoms with Gasteiger partial charge in [0.1, 0.15) is 12.3 Å². The lowest BCUT2D eigenvalue weighted by Gasteiger charge is -2.26. The van der Waals surface area contributed by atoms with E-state index in [9.17, 15) is 4.79 Å². The minimum atomic E-state index is -0.182. The molecule has 3 heterocycles. The third kappa shape index (κ3) is 2.81. The molecule has 112 valence electrons. The summed E-state index contributed by atoms with van der Waals surface area (Å²) in [5.74, 6) is 1.36. The van der Waals surface area contributed by atoms with Crippen LogP contribution in [0.25, 0.3) is 0 Å². The maximum atomic E-state index is 12.7. The SMILES string of the molecule is Cc1nc(C(=O)N2CCCCCC2c2nnc(C)o2)co1. The van der Waals surface area contributed by atoms with Crippen molar-refractivity contribution >= 4 is 5.91 Å². The fraction of sp³-hybridized carbons (Fsp3) is 0.571. The van der Waals surface area contributed by atoms with Gasteiger partial charge in [-0.3, -0.25) is 4.79 Å². The second-order valence-corrected chi connectivity index (χ2v) is 5.27. The zero-order valence-corrected chi connectivity index (χ0v) is 12.2. The van der Waals surface area contributed by atoms with Crippen LogP contribution in [0.2, 0.25) is 0 Å². The van der Waals surface area contributed by atoms with Crippen LogP contribution in [0.1, 0.15) is 59.9 Å². The molecule has 1 atom stereocenters. The van der Waals surface area contributed by atoms with E-state index in [0.29, 0.717) is 29.9 Å². The predicted molar refractivity (Wildman–Crippen MR) is 72.5 cm³/mol. The minimum Gasteiger partial charge on any atom is -0.448 e. The van der Waals surface area contributed by atoms with Crippen LogP contribution >= 0.6 is 0 Å². The average molecular weight is 290 g/mol. The molecule has 21 heavy (non-hydrogen) atoms. The van der Waals surface area contributed by atoms with Gasteiger partial charge in [-0.25, -0.2) is 4.98 Å². The summed E-state index contributed by atoms with van der Waals surface area (Å²) in [5, 5.41) is 7.96. The zero-order valence-electron chi connectivity index (χ0n) is 12.2. The van der Waals surface area contributed by atoms with Gasteiger partial charge in [-0.05, 0) is 12.8 Å². The Bertz CT molecular complexity index is 634. The minimum absolute atomic E-state index is 0.144. The van der Waals surface area contributed by atoms with Crippen LogP contribution in [0.5, 0.6) is 0 Å². The van der Waals surface area contributed by atoms with Crippen LogP contribution in [0.15, 0.2) is 15.1 Å². The van der Waals surface area contributed by atoms with Gasteiger partial charge < -0.3 is 13.7 Å². The molecule has 2 aromatic heterocycles. The first-order valence-corrected chi connectivity index (χ1v) is 7.18. The van der Waals surface area contributed by atoms with E-state index in [2.05, 4.69) is 15.2 Å². The van der Waals surface area contributed by atoms with Gasteiger partial charge in [-0.15, -0.1) is 10.2 Å². The smallest absolute Gasteiger partial charge is 0.276 e. The first kappa shape index (κ1) is 13.8. The number of nitrogens with zero attached hydrogens (tertiary/aromatic N) is 4. The molecular weight excluding hydrogens is 272 g/mol. The summed E-state index contributed by atoms with van der Waals surface area (Å²) < 4.78 is 10.7. The molecule has 0 bridgehead atoms. The molecule has 2 aromatic rings. The molecule has 7 heteroatoms. The predicted octanol–water partition coefficient (Wildman–Crippen LogP) is 2.43. The lowest BCUT2D eigenvalue weighted by molar-refractivity contribution is 0.0645. The summed E-state index contributed by atoms with van der Waals surface area (Å²) >= 11 is 0. The quantitative estimate of drug-likeness (QED) is 0.844. The Hall–Kier alpha value is -2.18. The van der Waals surface area contributed by atoms with E-state index in [4.69, 9.17) is 8.83 Å². The van der Waals surface area contributed by atoms with Crippen molar-refractivity contribution in [1.82, 2.24) is 20.1 Å². The van der Waals surface area contributed by atoms with Crippen molar-refractivity contribution < 1.29 is 13.6 Å². The molecule has 3 rings (SSSR count). The molecule has 1 saturated heterocycles. The van der Waals surface area contributed by atoms with Gasteiger partial charge in [-0.1, -0.05) is 12.8 Å². The summed E-state index contributed by atoms with van der Waals surface area (Å²) in [5.41, 5.74) is 0.329. The van der Waals surface area contributed by atoms with Crippen molar-refractivity contribution in [2.75, 3.05) is 6.54 Å². The standard InChI is InChI=1S/C14H18N4O3/c1-9-15-11(8-20-9)14(19)18-7-5-3-4-6-12(18)13-17-16-10(2)21-13/h8,12H,3-7H2,1-2H3. The Kier molecular flexibility index (Phi) is 3.72. The van der Waals surface area contributed by atoms with Crippen molar-refractivity contribution in [3.05, 3.63) is 29.6 Å². The Morgan fingerprint density at radius 1 is 1.24 bits per heavy atom. The lowest BCUT2D eigenvalue weighted by atomic mass is 10.1. The highest BCUT2D eigenvalue weighted by Crippen LogP contribution is 2.30. The summed E-state index contributed by atoms with van der Waals surface area (Å²) in [7, 11) is 0. The zero-order chi connectivity index (χ0) is 14.8. The maximum Gasteiger partial charge on any atom is 0.276 e. The highest BCUT2D eigenvalue weighted by atomic mass is 16.4. The number of likely N-dealkylation sites (tertiary alicyclic amines) is 1. The molecule has 1 unspecified atom stereocenters. The molecular formula is C14H18N4O3. The number of hydrogen-bond donors (Lipinski definition) is 0. The lowest BCUT2D eigenvalue weighted by Crippen LogP contribution is -2.35. The summed E-state index contributed by atoms with van der Waals surface area (Å²) in [6.07, 6.45) is 5.31. The largest absolute Gasteiger partial charge is 0.448 e. The molecule has 1 aliphatic rings. The molecule has 1 aliphatic heterocycles. The fourth-order valence-electron chi connectivity index (χ4n) is 2.66. The Labute approximate surface area is 122 Å². The molecule has 7 nitrogen and oxygen atoms in total. The molecule has 0 aromatic carbocycles. The fourth-order valence-corrected chi connectivity index (χ4v) is 2.66. The van der Waals surface area contributed by atoms with E-state index in [1.54, 1.807) is 18.7 Å². The van der Waals surface area contributed by atoms with Crippen molar-refractivity contribution in [2.24, 2.45) is 0 Å². The number of aromatic nitrogens is 3. The number of hydrogen-bond acceptors (Lipinski definition) is 6. The van der Waals surface area contributed by atoms with Crippen LogP contribution in [-0.4, -0.2) is 32.5 Å². The Morgan fingerprint density at radius 3 is 2.76 bits per heavy atom. The van der Waals surface area contributed by atoms with Crippen LogP contribution in [-0.2, 0) is 0 Å². The van der Waals surface area contributed by atoms with E-state index >= 15 is 0 Å². The highest BCUT2D eigenvalue weighted by molar-refractivity contribution is 5.92. The van der Waals surface area contributed by atoms with Crippen LogP contribution in [0, 0.1) is 13.8 Å². The normalized spacial score (nSPS) is 19.5. The molecule has 1 fully saturated rings. The van der Waals surface area contributed by atoms with Gasteiger partial charge in [-0.2, -0.15) is 0 Å². The van der Waals surface area contributed by atoms with Crippen LogP contribution in [0.4, 0.5) is 0 Å². The molecule has 0 saturated carbocycles. The van der Waals surface area contributed by atoms with Crippen molar-refractivity contribution in [2.45, 2.75) is 45.6 Å². The van der Waals surface area contributed by atoms with E-state index in [0.717, 1.165) is 25.7 Å². The third-order valence-electron chi connectivity index (χ3n) is 3.68. The van der Waals surface area contributed by atoms with E-state index in [1.807, 2.05) is 0 Å². The van der Waals surface area contributed by atoms with Crippen LogP contribution < -0.4 is 0 Å². The molecule has 0 aliphatic carbocycles. The molecule has 0 spiro atoms. The van der Waals surface area contributed by atoms with Crippen molar-refractivity contribution in [3.8, 4) is 0 Å². The van der Waals surface area contributed by atoms with Crippen molar-refractivity contribution in [1.29, 1.82) is 0 Å². The number of oxazole rings is 1. The average Bonchev–Trinajstić information content (AvgIpc) is 3.00. The summed E-state index contributed by atoms with van der Waals surface area (Å²) in [6.45, 7) is 4.13. The first-order chi connectivity index (χ1) is 10.1. The number of rotatable bonds is 2. The number of aryl methyl sites for hydroxylation is 2. The monoisotopic (exact) mass is 290 g/mol. The number of carbonyl (C=O) groups excluding carboxylic acids is 1. The molecule has 1 amide bonds. The third-order valence-corrected chi connectivity index (χ3v) is 3.68. The van der Waals surface area contributed by atoms with Gasteiger partial charge >= 0.3 is 0 Å². The summed E-state index contributed by atoms with van der Waals surface area (Å²) in [6, 6.07) is -0.182. The molecule has 0 radical (unpaired) electrons. The van der Waals surface area contributed by atoms with Crippen LogP contribution in [0.3, 0.4) is 0 Å². The van der Waals surface area contributed by atoms with Gasteiger partial charge in [0.25, 0.3) is 5.91 Å². The van der Waals surface area contributed by atoms with Gasteiger partial charge in [0.2, 0.25) is 11.8 Å². The van der Waals surface area contributed by atoms with Gasteiger partial charge in [0.05, 0.1) is 0 Å². The highest BCUT2D eigenvalue weighted by Gasteiger charge is 2.32. The van der Waals surface area contributed by atoms with Crippen molar-refractivity contribution in [3.63, 3.8) is 0 Å². The first-order valence-electron chi connectivity index (χ1n) is 7.18. The second kappa shape index (κ2) is 5.67. The van der Waals surface area contributed by atoms with E-state index in [-0.39, 0.29) is 11.9 Å².